The zero-order chi connectivity index (χ0) is 16.3. The minimum Gasteiger partial charge on any atom is -0.496 e. The molecule has 0 spiro atoms. The van der Waals surface area contributed by atoms with Gasteiger partial charge in [-0.15, -0.1) is 0 Å². The third kappa shape index (κ3) is 3.67. The maximum Gasteiger partial charge on any atom is 0.238 e. The Hall–Kier alpha value is -1.85. The van der Waals surface area contributed by atoms with E-state index in [2.05, 4.69) is 13.8 Å². The zero-order valence-corrected chi connectivity index (χ0v) is 13.9. The summed E-state index contributed by atoms with van der Waals surface area (Å²) in [6, 6.07) is 12.7. The van der Waals surface area contributed by atoms with Crippen LogP contribution in [0.25, 0.3) is 11.1 Å². The number of methoxy groups -OCH3 is 1. The highest BCUT2D eigenvalue weighted by atomic mass is 32.2. The fraction of sp³-hybridized carbons (Fsp3) is 0.294. The van der Waals surface area contributed by atoms with E-state index in [1.807, 2.05) is 24.3 Å². The van der Waals surface area contributed by atoms with Gasteiger partial charge in [-0.25, -0.2) is 13.6 Å². The molecule has 2 aromatic rings. The van der Waals surface area contributed by atoms with E-state index in [-0.39, 0.29) is 4.90 Å². The summed E-state index contributed by atoms with van der Waals surface area (Å²) >= 11 is 0. The van der Waals surface area contributed by atoms with Crippen molar-refractivity contribution >= 4 is 10.0 Å². The Morgan fingerprint density at radius 2 is 1.73 bits per heavy atom. The highest BCUT2D eigenvalue weighted by Crippen LogP contribution is 2.35. The summed E-state index contributed by atoms with van der Waals surface area (Å²) in [4.78, 5) is 0.0726. The molecule has 2 N–H and O–H groups in total. The summed E-state index contributed by atoms with van der Waals surface area (Å²) in [6.45, 7) is 4.32. The van der Waals surface area contributed by atoms with Crippen LogP contribution in [-0.4, -0.2) is 15.5 Å². The van der Waals surface area contributed by atoms with Crippen LogP contribution in [0.5, 0.6) is 5.75 Å². The number of hydrogen-bond acceptors (Lipinski definition) is 3. The smallest absolute Gasteiger partial charge is 0.238 e. The standard InChI is InChI=1S/C17H21NO3S/c1-12(2)11-13-7-9-14(10-8-13)17-15(21-3)5-4-6-16(17)22(18,19)20/h4-10,12H,11H2,1-3H3,(H2,18,19,20). The van der Waals surface area contributed by atoms with E-state index < -0.39 is 10.0 Å². The average Bonchev–Trinajstić information content (AvgIpc) is 2.45. The van der Waals surface area contributed by atoms with Crippen LogP contribution in [0, 0.1) is 5.92 Å². The molecule has 0 radical (unpaired) electrons. The van der Waals surface area contributed by atoms with Crippen LogP contribution < -0.4 is 9.88 Å². The summed E-state index contributed by atoms with van der Waals surface area (Å²) in [5.74, 6) is 1.06. The molecule has 0 unspecified atom stereocenters. The molecule has 0 saturated heterocycles. The van der Waals surface area contributed by atoms with E-state index >= 15 is 0 Å². The van der Waals surface area contributed by atoms with Gasteiger partial charge in [-0.2, -0.15) is 0 Å². The molecule has 2 aromatic carbocycles. The zero-order valence-electron chi connectivity index (χ0n) is 13.0. The first-order valence-electron chi connectivity index (χ1n) is 7.12. The first-order valence-corrected chi connectivity index (χ1v) is 8.66. The molecule has 0 aromatic heterocycles. The quantitative estimate of drug-likeness (QED) is 0.920. The van der Waals surface area contributed by atoms with Crippen LogP contribution in [0.1, 0.15) is 19.4 Å². The van der Waals surface area contributed by atoms with E-state index in [1.54, 1.807) is 12.1 Å². The third-order valence-electron chi connectivity index (χ3n) is 3.40. The lowest BCUT2D eigenvalue weighted by Gasteiger charge is -2.13. The summed E-state index contributed by atoms with van der Waals surface area (Å²) in [5.41, 5.74) is 2.49. The molecule has 118 valence electrons. The molecule has 0 heterocycles. The normalized spacial score (nSPS) is 11.7. The highest BCUT2D eigenvalue weighted by molar-refractivity contribution is 7.89. The van der Waals surface area contributed by atoms with E-state index in [9.17, 15) is 8.42 Å². The van der Waals surface area contributed by atoms with Crippen molar-refractivity contribution in [3.05, 3.63) is 48.0 Å². The molecule has 22 heavy (non-hydrogen) atoms. The molecule has 0 amide bonds. The summed E-state index contributed by atoms with van der Waals surface area (Å²) < 4.78 is 29.0. The Morgan fingerprint density at radius 1 is 1.09 bits per heavy atom. The van der Waals surface area contributed by atoms with Crippen molar-refractivity contribution in [2.45, 2.75) is 25.2 Å². The number of benzene rings is 2. The lowest BCUT2D eigenvalue weighted by atomic mass is 9.98. The number of primary sulfonamides is 1. The van der Waals surface area contributed by atoms with Gasteiger partial charge in [0.1, 0.15) is 5.75 Å². The summed E-state index contributed by atoms with van der Waals surface area (Å²) in [6.07, 6.45) is 0.980. The first-order chi connectivity index (χ1) is 10.3. The highest BCUT2D eigenvalue weighted by Gasteiger charge is 2.19. The summed E-state index contributed by atoms with van der Waals surface area (Å²) in [5, 5.41) is 5.33. The molecule has 0 aliphatic rings. The molecule has 0 aliphatic carbocycles. The van der Waals surface area contributed by atoms with Crippen molar-refractivity contribution in [2.75, 3.05) is 7.11 Å². The van der Waals surface area contributed by atoms with Gasteiger partial charge in [-0.3, -0.25) is 0 Å². The molecule has 0 fully saturated rings. The van der Waals surface area contributed by atoms with Gasteiger partial charge in [0.15, 0.2) is 0 Å². The van der Waals surface area contributed by atoms with Crippen molar-refractivity contribution in [2.24, 2.45) is 11.1 Å². The second-order valence-corrected chi connectivity index (χ2v) is 7.20. The van der Waals surface area contributed by atoms with Crippen LogP contribution >= 0.6 is 0 Å². The number of rotatable bonds is 5. The summed E-state index contributed by atoms with van der Waals surface area (Å²) in [7, 11) is -2.31. The maximum absolute atomic E-state index is 11.8. The van der Waals surface area contributed by atoms with Crippen LogP contribution in [0.3, 0.4) is 0 Å². The van der Waals surface area contributed by atoms with Crippen LogP contribution in [0.2, 0.25) is 0 Å². The Balaban J connectivity index is 2.56. The van der Waals surface area contributed by atoms with E-state index in [0.29, 0.717) is 17.2 Å². The molecule has 0 saturated carbocycles. The largest absolute Gasteiger partial charge is 0.496 e. The van der Waals surface area contributed by atoms with Crippen molar-refractivity contribution in [1.29, 1.82) is 0 Å². The Bertz CT molecular complexity index is 750. The Labute approximate surface area is 132 Å². The number of hydrogen-bond donors (Lipinski definition) is 1. The Morgan fingerprint density at radius 3 is 2.23 bits per heavy atom. The van der Waals surface area contributed by atoms with Gasteiger partial charge in [0.2, 0.25) is 10.0 Å². The van der Waals surface area contributed by atoms with Gasteiger partial charge in [-0.05, 0) is 35.6 Å². The van der Waals surface area contributed by atoms with Crippen molar-refractivity contribution in [3.8, 4) is 16.9 Å². The van der Waals surface area contributed by atoms with Gasteiger partial charge < -0.3 is 4.74 Å². The number of nitrogens with two attached hydrogens (primary N) is 1. The number of ether oxygens (including phenoxy) is 1. The minimum absolute atomic E-state index is 0.0726. The van der Waals surface area contributed by atoms with Gasteiger partial charge in [0.25, 0.3) is 0 Å². The molecule has 2 rings (SSSR count). The molecule has 0 atom stereocenters. The minimum atomic E-state index is -3.82. The van der Waals surface area contributed by atoms with E-state index in [1.165, 1.54) is 18.7 Å². The fourth-order valence-corrected chi connectivity index (χ4v) is 3.25. The van der Waals surface area contributed by atoms with Crippen LogP contribution in [0.4, 0.5) is 0 Å². The fourth-order valence-electron chi connectivity index (χ4n) is 2.48. The van der Waals surface area contributed by atoms with Crippen molar-refractivity contribution < 1.29 is 13.2 Å². The third-order valence-corrected chi connectivity index (χ3v) is 4.35. The van der Waals surface area contributed by atoms with E-state index in [0.717, 1.165) is 12.0 Å². The molecular weight excluding hydrogens is 298 g/mol. The van der Waals surface area contributed by atoms with E-state index in [4.69, 9.17) is 9.88 Å². The maximum atomic E-state index is 11.8. The average molecular weight is 319 g/mol. The topological polar surface area (TPSA) is 69.4 Å². The van der Waals surface area contributed by atoms with Gasteiger partial charge >= 0.3 is 0 Å². The van der Waals surface area contributed by atoms with Crippen LogP contribution in [0.15, 0.2) is 47.4 Å². The van der Waals surface area contributed by atoms with Crippen molar-refractivity contribution in [1.82, 2.24) is 0 Å². The Kier molecular flexibility index (Phi) is 4.88. The lowest BCUT2D eigenvalue weighted by Crippen LogP contribution is -2.13. The van der Waals surface area contributed by atoms with Gasteiger partial charge in [-0.1, -0.05) is 44.2 Å². The first kappa shape index (κ1) is 16.5. The lowest BCUT2D eigenvalue weighted by molar-refractivity contribution is 0.415. The predicted molar refractivity (Wildman–Crippen MR) is 88.3 cm³/mol. The van der Waals surface area contributed by atoms with Crippen LogP contribution in [-0.2, 0) is 16.4 Å². The predicted octanol–water partition coefficient (Wildman–Crippen LogP) is 3.21. The molecule has 4 nitrogen and oxygen atoms in total. The van der Waals surface area contributed by atoms with Gasteiger partial charge in [0, 0.05) is 5.56 Å². The molecule has 0 aliphatic heterocycles. The molecular formula is C17H21NO3S. The second kappa shape index (κ2) is 6.50. The van der Waals surface area contributed by atoms with Crippen molar-refractivity contribution in [3.63, 3.8) is 0 Å². The second-order valence-electron chi connectivity index (χ2n) is 5.67. The van der Waals surface area contributed by atoms with Gasteiger partial charge in [0.05, 0.1) is 12.0 Å². The molecule has 0 bridgehead atoms. The SMILES string of the molecule is COc1cccc(S(N)(=O)=O)c1-c1ccc(CC(C)C)cc1. The monoisotopic (exact) mass is 319 g/mol. The number of sulfonamides is 1. The molecule has 5 heteroatoms.